The Morgan fingerprint density at radius 1 is 1.05 bits per heavy atom. The number of ether oxygens (including phenoxy) is 1. The first-order valence-corrected chi connectivity index (χ1v) is 6.38. The van der Waals surface area contributed by atoms with Gasteiger partial charge >= 0.3 is 5.97 Å². The number of carbonyl (C=O) groups excluding carboxylic acids is 1. The first-order chi connectivity index (χ1) is 9.70. The Hall–Kier alpha value is -2.39. The monoisotopic (exact) mass is 266 g/mol. The van der Waals surface area contributed by atoms with Crippen LogP contribution in [0.2, 0.25) is 0 Å². The van der Waals surface area contributed by atoms with Crippen molar-refractivity contribution in [3.05, 3.63) is 70.3 Å². The van der Waals surface area contributed by atoms with Gasteiger partial charge in [-0.2, -0.15) is 0 Å². The predicted molar refractivity (Wildman–Crippen MR) is 77.2 cm³/mol. The summed E-state index contributed by atoms with van der Waals surface area (Å²) in [7, 11) is 1.35. The minimum absolute atomic E-state index is 0.401. The summed E-state index contributed by atoms with van der Waals surface area (Å²) in [5, 5.41) is 10.6. The maximum atomic E-state index is 11.6. The standard InChI is InChI=1S/C17H14O3/c1-20-17(19)13-9-8-12-7-6-11-4-2-3-5-14(11)16(18)15(12)10-13/h2-10,16,18H,1H3/t16-/m1/s1. The summed E-state index contributed by atoms with van der Waals surface area (Å²) in [4.78, 5) is 11.6. The van der Waals surface area contributed by atoms with E-state index in [1.807, 2.05) is 42.5 Å². The zero-order valence-corrected chi connectivity index (χ0v) is 11.0. The molecule has 1 atom stereocenters. The van der Waals surface area contributed by atoms with Crippen LogP contribution in [0.25, 0.3) is 12.2 Å². The van der Waals surface area contributed by atoms with Gasteiger partial charge in [-0.15, -0.1) is 0 Å². The number of rotatable bonds is 1. The zero-order chi connectivity index (χ0) is 14.1. The molecule has 0 fully saturated rings. The van der Waals surface area contributed by atoms with Crippen molar-refractivity contribution in [2.75, 3.05) is 7.11 Å². The number of carbonyl (C=O) groups is 1. The summed E-state index contributed by atoms with van der Waals surface area (Å²) < 4.78 is 4.72. The summed E-state index contributed by atoms with van der Waals surface area (Å²) >= 11 is 0. The van der Waals surface area contributed by atoms with E-state index in [9.17, 15) is 9.90 Å². The molecule has 0 aliphatic heterocycles. The number of hydrogen-bond donors (Lipinski definition) is 1. The molecule has 0 saturated carbocycles. The third-order valence-electron chi connectivity index (χ3n) is 3.54. The molecule has 100 valence electrons. The van der Waals surface area contributed by atoms with Crippen LogP contribution in [0.4, 0.5) is 0 Å². The van der Waals surface area contributed by atoms with E-state index >= 15 is 0 Å². The van der Waals surface area contributed by atoms with Crippen LogP contribution in [0, 0.1) is 0 Å². The summed E-state index contributed by atoms with van der Waals surface area (Å²) in [5.74, 6) is -0.401. The van der Waals surface area contributed by atoms with Crippen LogP contribution in [0.5, 0.6) is 0 Å². The molecule has 1 aliphatic rings. The molecule has 0 spiro atoms. The van der Waals surface area contributed by atoms with Crippen LogP contribution < -0.4 is 0 Å². The lowest BCUT2D eigenvalue weighted by Crippen LogP contribution is -2.06. The SMILES string of the molecule is COC(=O)c1ccc2c(c1)[C@H](O)c1ccccc1C=C2. The molecule has 2 aromatic carbocycles. The van der Waals surface area contributed by atoms with Crippen LogP contribution in [-0.2, 0) is 4.74 Å². The summed E-state index contributed by atoms with van der Waals surface area (Å²) in [6.07, 6.45) is 3.18. The summed E-state index contributed by atoms with van der Waals surface area (Å²) in [6, 6.07) is 12.9. The Kier molecular flexibility index (Phi) is 3.12. The van der Waals surface area contributed by atoms with Gasteiger partial charge in [-0.05, 0) is 34.4 Å². The lowest BCUT2D eigenvalue weighted by Gasteiger charge is -2.15. The lowest BCUT2D eigenvalue weighted by molar-refractivity contribution is 0.0600. The van der Waals surface area contributed by atoms with E-state index in [2.05, 4.69) is 0 Å². The number of methoxy groups -OCH3 is 1. The van der Waals surface area contributed by atoms with Gasteiger partial charge in [0.1, 0.15) is 6.10 Å². The average Bonchev–Trinajstić information content (AvgIpc) is 2.64. The van der Waals surface area contributed by atoms with E-state index in [0.29, 0.717) is 11.1 Å². The molecular formula is C17H14O3. The fraction of sp³-hybridized carbons (Fsp3) is 0.118. The van der Waals surface area contributed by atoms with Gasteiger partial charge in [-0.3, -0.25) is 0 Å². The molecule has 0 bridgehead atoms. The topological polar surface area (TPSA) is 46.5 Å². The van der Waals surface area contributed by atoms with Crippen molar-refractivity contribution in [2.45, 2.75) is 6.10 Å². The predicted octanol–water partition coefficient (Wildman–Crippen LogP) is 3.04. The molecule has 3 heteroatoms. The van der Waals surface area contributed by atoms with Gasteiger partial charge in [-0.25, -0.2) is 4.79 Å². The molecule has 20 heavy (non-hydrogen) atoms. The van der Waals surface area contributed by atoms with Gasteiger partial charge in [0.25, 0.3) is 0 Å². The fourth-order valence-corrected chi connectivity index (χ4v) is 2.47. The fourth-order valence-electron chi connectivity index (χ4n) is 2.47. The Bertz CT molecular complexity index is 701. The number of aliphatic hydroxyl groups is 1. The highest BCUT2D eigenvalue weighted by Gasteiger charge is 2.20. The van der Waals surface area contributed by atoms with Crippen molar-refractivity contribution in [1.82, 2.24) is 0 Å². The van der Waals surface area contributed by atoms with Gasteiger partial charge in [0.05, 0.1) is 12.7 Å². The third kappa shape index (κ3) is 2.02. The second-order valence-corrected chi connectivity index (χ2v) is 4.70. The van der Waals surface area contributed by atoms with E-state index in [-0.39, 0.29) is 0 Å². The molecule has 0 saturated heterocycles. The minimum atomic E-state index is -0.749. The Morgan fingerprint density at radius 3 is 2.50 bits per heavy atom. The largest absolute Gasteiger partial charge is 0.465 e. The van der Waals surface area contributed by atoms with Gasteiger partial charge in [-0.1, -0.05) is 42.5 Å². The van der Waals surface area contributed by atoms with Crippen LogP contribution in [0.3, 0.4) is 0 Å². The highest BCUT2D eigenvalue weighted by molar-refractivity contribution is 5.90. The molecule has 0 heterocycles. The van der Waals surface area contributed by atoms with Crippen molar-refractivity contribution < 1.29 is 14.6 Å². The third-order valence-corrected chi connectivity index (χ3v) is 3.54. The molecule has 2 aromatic rings. The molecule has 1 aliphatic carbocycles. The van der Waals surface area contributed by atoms with Crippen molar-refractivity contribution in [3.63, 3.8) is 0 Å². The number of hydrogen-bond acceptors (Lipinski definition) is 3. The van der Waals surface area contributed by atoms with Crippen molar-refractivity contribution in [3.8, 4) is 0 Å². The number of fused-ring (bicyclic) bond motifs is 2. The highest BCUT2D eigenvalue weighted by atomic mass is 16.5. The molecule has 0 amide bonds. The molecule has 1 N–H and O–H groups in total. The molecule has 3 rings (SSSR count). The lowest BCUT2D eigenvalue weighted by atomic mass is 9.95. The van der Waals surface area contributed by atoms with E-state index in [4.69, 9.17) is 4.74 Å². The Labute approximate surface area is 117 Å². The van der Waals surface area contributed by atoms with Crippen molar-refractivity contribution in [1.29, 1.82) is 0 Å². The van der Waals surface area contributed by atoms with E-state index < -0.39 is 12.1 Å². The first-order valence-electron chi connectivity index (χ1n) is 6.38. The highest BCUT2D eigenvalue weighted by Crippen LogP contribution is 2.33. The number of benzene rings is 2. The van der Waals surface area contributed by atoms with Crippen LogP contribution in [0.15, 0.2) is 42.5 Å². The number of aliphatic hydroxyl groups excluding tert-OH is 1. The van der Waals surface area contributed by atoms with Gasteiger partial charge < -0.3 is 9.84 Å². The first kappa shape index (κ1) is 12.6. The maximum Gasteiger partial charge on any atom is 0.337 e. The smallest absolute Gasteiger partial charge is 0.337 e. The molecule has 0 unspecified atom stereocenters. The second kappa shape index (κ2) is 4.94. The van der Waals surface area contributed by atoms with E-state index in [1.165, 1.54) is 7.11 Å². The maximum absolute atomic E-state index is 11.6. The normalized spacial score (nSPS) is 16.0. The number of esters is 1. The van der Waals surface area contributed by atoms with Gasteiger partial charge in [0.2, 0.25) is 0 Å². The van der Waals surface area contributed by atoms with Gasteiger partial charge in [0, 0.05) is 0 Å². The molecule has 0 radical (unpaired) electrons. The van der Waals surface area contributed by atoms with E-state index in [1.54, 1.807) is 12.1 Å². The molecule has 3 nitrogen and oxygen atoms in total. The Morgan fingerprint density at radius 2 is 1.75 bits per heavy atom. The van der Waals surface area contributed by atoms with Crippen LogP contribution in [0.1, 0.15) is 38.7 Å². The summed E-state index contributed by atoms with van der Waals surface area (Å²) in [5.41, 5.74) is 3.88. The van der Waals surface area contributed by atoms with Crippen molar-refractivity contribution >= 4 is 18.1 Å². The van der Waals surface area contributed by atoms with Gasteiger partial charge in [0.15, 0.2) is 0 Å². The average molecular weight is 266 g/mol. The van der Waals surface area contributed by atoms with Crippen LogP contribution in [-0.4, -0.2) is 18.2 Å². The quantitative estimate of drug-likeness (QED) is 0.807. The second-order valence-electron chi connectivity index (χ2n) is 4.70. The van der Waals surface area contributed by atoms with Crippen LogP contribution >= 0.6 is 0 Å². The molecular weight excluding hydrogens is 252 g/mol. The Balaban J connectivity index is 2.15. The summed E-state index contributed by atoms with van der Waals surface area (Å²) in [6.45, 7) is 0. The zero-order valence-electron chi connectivity index (χ0n) is 11.0. The van der Waals surface area contributed by atoms with Crippen molar-refractivity contribution in [2.24, 2.45) is 0 Å². The van der Waals surface area contributed by atoms with E-state index in [0.717, 1.165) is 16.7 Å². The molecule has 0 aromatic heterocycles. The minimum Gasteiger partial charge on any atom is -0.465 e.